The molecule has 1 N–H and O–H groups in total. The highest BCUT2D eigenvalue weighted by Crippen LogP contribution is 2.28. The van der Waals surface area contributed by atoms with Gasteiger partial charge in [-0.1, -0.05) is 30.3 Å². The van der Waals surface area contributed by atoms with Gasteiger partial charge in [-0.15, -0.1) is 11.3 Å². The summed E-state index contributed by atoms with van der Waals surface area (Å²) in [5.74, 6) is -1.43. The average molecular weight is 348 g/mol. The minimum absolute atomic E-state index is 0.312. The van der Waals surface area contributed by atoms with Crippen molar-refractivity contribution < 1.29 is 23.9 Å². The van der Waals surface area contributed by atoms with Crippen molar-refractivity contribution in [3.05, 3.63) is 40.9 Å². The second-order valence-electron chi connectivity index (χ2n) is 4.83. The van der Waals surface area contributed by atoms with Gasteiger partial charge >= 0.3 is 12.1 Å². The first-order valence-corrected chi connectivity index (χ1v) is 7.86. The zero-order valence-electron chi connectivity index (χ0n) is 13.4. The number of nitrogens with one attached hydrogen (secondary N) is 1. The zero-order chi connectivity index (χ0) is 17.7. The molecule has 2 rings (SSSR count). The van der Waals surface area contributed by atoms with Crippen molar-refractivity contribution in [3.8, 4) is 10.6 Å². The molecular formula is C16H16N2O5S. The fourth-order valence-electron chi connectivity index (χ4n) is 1.81. The molecular weight excluding hydrogens is 332 g/mol. The molecule has 7 nitrogen and oxygen atoms in total. The molecule has 0 aliphatic heterocycles. The first kappa shape index (κ1) is 17.6. The third kappa shape index (κ3) is 4.17. The smallest absolute Gasteiger partial charge is 0.413 e. The van der Waals surface area contributed by atoms with Crippen molar-refractivity contribution >= 4 is 29.3 Å². The van der Waals surface area contributed by atoms with Crippen LogP contribution in [-0.2, 0) is 14.3 Å². The second kappa shape index (κ2) is 7.69. The van der Waals surface area contributed by atoms with E-state index in [1.165, 1.54) is 18.3 Å². The van der Waals surface area contributed by atoms with Crippen molar-refractivity contribution in [3.63, 3.8) is 0 Å². The first-order chi connectivity index (χ1) is 11.4. The molecule has 0 aliphatic rings. The molecule has 1 aromatic heterocycles. The lowest BCUT2D eigenvalue weighted by Gasteiger charge is -2.11. The van der Waals surface area contributed by atoms with Crippen molar-refractivity contribution in [2.24, 2.45) is 0 Å². The quantitative estimate of drug-likeness (QED) is 0.853. The molecule has 0 aliphatic carbocycles. The highest BCUT2D eigenvalue weighted by Gasteiger charge is 2.24. The number of ether oxygens (including phenoxy) is 2. The van der Waals surface area contributed by atoms with E-state index in [2.05, 4.69) is 9.72 Å². The number of benzene rings is 1. The lowest BCUT2D eigenvalue weighted by Crippen LogP contribution is -2.39. The summed E-state index contributed by atoms with van der Waals surface area (Å²) in [7, 11) is 1.13. The Morgan fingerprint density at radius 2 is 1.88 bits per heavy atom. The van der Waals surface area contributed by atoms with E-state index < -0.39 is 24.1 Å². The minimum Gasteiger partial charge on any atom is -0.453 e. The molecule has 2 amide bonds. The minimum atomic E-state index is -1.14. The number of imide groups is 1. The Labute approximate surface area is 142 Å². The number of thiazole rings is 1. The number of rotatable bonds is 4. The largest absolute Gasteiger partial charge is 0.453 e. The third-order valence-electron chi connectivity index (χ3n) is 3.07. The Morgan fingerprint density at radius 1 is 1.21 bits per heavy atom. The summed E-state index contributed by atoms with van der Waals surface area (Å²) in [6.07, 6.45) is -2.05. The summed E-state index contributed by atoms with van der Waals surface area (Å²) in [5, 5.41) is 2.63. The van der Waals surface area contributed by atoms with Gasteiger partial charge in [0.25, 0.3) is 5.91 Å². The highest BCUT2D eigenvalue weighted by molar-refractivity contribution is 7.17. The summed E-state index contributed by atoms with van der Waals surface area (Å²) in [6, 6.07) is 9.42. The van der Waals surface area contributed by atoms with Gasteiger partial charge in [-0.3, -0.25) is 10.1 Å². The Hall–Kier alpha value is -2.74. The van der Waals surface area contributed by atoms with Crippen LogP contribution in [0, 0.1) is 6.92 Å². The summed E-state index contributed by atoms with van der Waals surface area (Å²) < 4.78 is 9.40. The number of aryl methyl sites for hydroxylation is 1. The standard InChI is InChI=1S/C16H16N2O5S/c1-9-12(24-14(17-9)11-7-5-4-6-8-11)15(20)23-10(2)13(19)18-16(21)22-3/h4-8,10H,1-3H3,(H,18,19,21)/t10-/m1/s1. The van der Waals surface area contributed by atoms with Crippen LogP contribution in [0.3, 0.4) is 0 Å². The van der Waals surface area contributed by atoms with E-state index in [4.69, 9.17) is 4.74 Å². The topological polar surface area (TPSA) is 94.6 Å². The summed E-state index contributed by atoms with van der Waals surface area (Å²) >= 11 is 1.18. The molecule has 0 bridgehead atoms. The predicted molar refractivity (Wildman–Crippen MR) is 87.7 cm³/mol. The van der Waals surface area contributed by atoms with Crippen LogP contribution < -0.4 is 5.32 Å². The van der Waals surface area contributed by atoms with Gasteiger partial charge < -0.3 is 9.47 Å². The number of carbonyl (C=O) groups is 3. The zero-order valence-corrected chi connectivity index (χ0v) is 14.2. The number of carbonyl (C=O) groups excluding carboxylic acids is 3. The lowest BCUT2D eigenvalue weighted by molar-refractivity contribution is -0.128. The maximum Gasteiger partial charge on any atom is 0.413 e. The van der Waals surface area contributed by atoms with Crippen LogP contribution in [-0.4, -0.2) is 36.2 Å². The number of hydrogen-bond acceptors (Lipinski definition) is 7. The van der Waals surface area contributed by atoms with Crippen molar-refractivity contribution in [2.45, 2.75) is 20.0 Å². The number of hydrogen-bond donors (Lipinski definition) is 1. The highest BCUT2D eigenvalue weighted by atomic mass is 32.1. The van der Waals surface area contributed by atoms with E-state index in [9.17, 15) is 14.4 Å². The van der Waals surface area contributed by atoms with Gasteiger partial charge in [-0.05, 0) is 13.8 Å². The number of aromatic nitrogens is 1. The van der Waals surface area contributed by atoms with Gasteiger partial charge in [0.05, 0.1) is 12.8 Å². The van der Waals surface area contributed by atoms with Crippen molar-refractivity contribution in [2.75, 3.05) is 7.11 Å². The summed E-state index contributed by atoms with van der Waals surface area (Å²) in [5.41, 5.74) is 1.41. The maximum atomic E-state index is 12.2. The van der Waals surface area contributed by atoms with E-state index in [1.54, 1.807) is 6.92 Å². The number of methoxy groups -OCH3 is 1. The summed E-state index contributed by atoms with van der Waals surface area (Å²) in [6.45, 7) is 3.06. The fraction of sp³-hybridized carbons (Fsp3) is 0.250. The second-order valence-corrected chi connectivity index (χ2v) is 5.83. The van der Waals surface area contributed by atoms with Gasteiger partial charge in [-0.25, -0.2) is 14.6 Å². The van der Waals surface area contributed by atoms with Crippen LogP contribution in [0.4, 0.5) is 4.79 Å². The van der Waals surface area contributed by atoms with E-state index >= 15 is 0 Å². The molecule has 24 heavy (non-hydrogen) atoms. The monoisotopic (exact) mass is 348 g/mol. The van der Waals surface area contributed by atoms with Crippen LogP contribution in [0.5, 0.6) is 0 Å². The summed E-state index contributed by atoms with van der Waals surface area (Å²) in [4.78, 5) is 39.6. The fourth-order valence-corrected chi connectivity index (χ4v) is 2.77. The van der Waals surface area contributed by atoms with Crippen molar-refractivity contribution in [1.82, 2.24) is 10.3 Å². The number of nitrogens with zero attached hydrogens (tertiary/aromatic N) is 1. The van der Waals surface area contributed by atoms with Gasteiger partial charge in [0.1, 0.15) is 9.88 Å². The van der Waals surface area contributed by atoms with Crippen LogP contribution in [0.2, 0.25) is 0 Å². The molecule has 2 aromatic rings. The number of alkyl carbamates (subject to hydrolysis) is 1. The van der Waals surface area contributed by atoms with Crippen LogP contribution in [0.1, 0.15) is 22.3 Å². The Morgan fingerprint density at radius 3 is 2.50 bits per heavy atom. The van der Waals surface area contributed by atoms with Crippen LogP contribution in [0.15, 0.2) is 30.3 Å². The Bertz CT molecular complexity index is 757. The van der Waals surface area contributed by atoms with E-state index in [0.717, 1.165) is 12.7 Å². The first-order valence-electron chi connectivity index (χ1n) is 7.05. The van der Waals surface area contributed by atoms with E-state index in [1.807, 2.05) is 35.6 Å². The van der Waals surface area contributed by atoms with Crippen LogP contribution >= 0.6 is 11.3 Å². The number of esters is 1. The Kier molecular flexibility index (Phi) is 5.64. The predicted octanol–water partition coefficient (Wildman–Crippen LogP) is 2.55. The molecule has 0 radical (unpaired) electrons. The molecule has 126 valence electrons. The maximum absolute atomic E-state index is 12.2. The molecule has 1 atom stereocenters. The SMILES string of the molecule is COC(=O)NC(=O)[C@@H](C)OC(=O)c1sc(-c2ccccc2)nc1C. The van der Waals surface area contributed by atoms with Crippen molar-refractivity contribution in [1.29, 1.82) is 0 Å². The number of amides is 2. The molecule has 0 saturated carbocycles. The van der Waals surface area contributed by atoms with E-state index in [0.29, 0.717) is 15.6 Å². The molecule has 0 unspecified atom stereocenters. The van der Waals surface area contributed by atoms with Gasteiger partial charge in [0.2, 0.25) is 0 Å². The van der Waals surface area contributed by atoms with Gasteiger partial charge in [0.15, 0.2) is 6.10 Å². The van der Waals surface area contributed by atoms with Gasteiger partial charge in [-0.2, -0.15) is 0 Å². The molecule has 0 spiro atoms. The Balaban J connectivity index is 2.09. The lowest BCUT2D eigenvalue weighted by atomic mass is 10.2. The molecule has 1 heterocycles. The third-order valence-corrected chi connectivity index (χ3v) is 4.25. The van der Waals surface area contributed by atoms with Crippen LogP contribution in [0.25, 0.3) is 10.6 Å². The molecule has 1 aromatic carbocycles. The normalized spacial score (nSPS) is 11.5. The van der Waals surface area contributed by atoms with E-state index in [-0.39, 0.29) is 0 Å². The average Bonchev–Trinajstić information content (AvgIpc) is 2.97. The van der Waals surface area contributed by atoms with Gasteiger partial charge in [0, 0.05) is 5.56 Å². The molecule has 0 fully saturated rings. The molecule has 8 heteroatoms. The molecule has 0 saturated heterocycles.